The highest BCUT2D eigenvalue weighted by Gasteiger charge is 2.22. The normalized spacial score (nSPS) is 16.1. The second-order valence-electron chi connectivity index (χ2n) is 8.18. The van der Waals surface area contributed by atoms with Gasteiger partial charge in [0.15, 0.2) is 0 Å². The Bertz CT molecular complexity index is 283. The van der Waals surface area contributed by atoms with Gasteiger partial charge in [-0.25, -0.2) is 0 Å². The Kier molecular flexibility index (Phi) is 13.1. The molecule has 0 saturated heterocycles. The summed E-state index contributed by atoms with van der Waals surface area (Å²) >= 11 is 0. The topological polar surface area (TPSA) is 38.7 Å². The largest absolute Gasteiger partial charge is 0.396 e. The summed E-state index contributed by atoms with van der Waals surface area (Å²) in [6, 6.07) is 0. The van der Waals surface area contributed by atoms with Gasteiger partial charge in [0.25, 0.3) is 0 Å². The number of rotatable bonds is 16. The number of aliphatic hydroxyl groups excluding tert-OH is 1. The molecule has 0 aromatic carbocycles. The molecule has 0 aliphatic carbocycles. The third-order valence-electron chi connectivity index (χ3n) is 5.93. The summed E-state index contributed by atoms with van der Waals surface area (Å²) in [5.74, 6) is 0.626. The second kappa shape index (κ2) is 13.1. The molecule has 0 radical (unpaired) electrons. The first-order valence-corrected chi connectivity index (χ1v) is 10.1. The van der Waals surface area contributed by atoms with Crippen molar-refractivity contribution in [2.45, 2.75) is 86.5 Å². The maximum absolute atomic E-state index is 9.43. The summed E-state index contributed by atoms with van der Waals surface area (Å²) in [6.45, 7) is 16.7. The van der Waals surface area contributed by atoms with Crippen LogP contribution in [0.15, 0.2) is 0 Å². The van der Waals surface area contributed by atoms with Crippen LogP contribution in [0, 0.1) is 16.7 Å². The van der Waals surface area contributed by atoms with Gasteiger partial charge in [-0.05, 0) is 43.4 Å². The van der Waals surface area contributed by atoms with E-state index in [1.165, 1.54) is 25.7 Å². The predicted molar refractivity (Wildman–Crippen MR) is 103 cm³/mol. The minimum atomic E-state index is -0.0860. The smallest absolute Gasteiger partial charge is 0.0541 e. The van der Waals surface area contributed by atoms with Gasteiger partial charge in [0.2, 0.25) is 0 Å². The third-order valence-corrected chi connectivity index (χ3v) is 5.93. The van der Waals surface area contributed by atoms with E-state index in [9.17, 15) is 5.11 Å². The van der Waals surface area contributed by atoms with Crippen molar-refractivity contribution in [3.05, 3.63) is 0 Å². The van der Waals surface area contributed by atoms with Gasteiger partial charge in [-0.1, -0.05) is 54.4 Å². The van der Waals surface area contributed by atoms with Crippen LogP contribution >= 0.6 is 0 Å². The Morgan fingerprint density at radius 1 is 0.833 bits per heavy atom. The average molecular weight is 345 g/mol. The van der Waals surface area contributed by atoms with E-state index in [-0.39, 0.29) is 12.0 Å². The fraction of sp³-hybridized carbons (Fsp3) is 1.00. The summed E-state index contributed by atoms with van der Waals surface area (Å²) < 4.78 is 11.8. The van der Waals surface area contributed by atoms with Crippen LogP contribution in [0.4, 0.5) is 0 Å². The van der Waals surface area contributed by atoms with Crippen LogP contribution in [0.25, 0.3) is 0 Å². The first-order chi connectivity index (χ1) is 11.4. The Hall–Kier alpha value is -0.120. The number of ether oxygens (including phenoxy) is 2. The first kappa shape index (κ1) is 23.9. The van der Waals surface area contributed by atoms with Crippen molar-refractivity contribution in [2.75, 3.05) is 33.0 Å². The molecule has 2 unspecified atom stereocenters. The van der Waals surface area contributed by atoms with Crippen LogP contribution in [0.1, 0.15) is 86.5 Å². The number of aliphatic hydroxyl groups is 1. The Morgan fingerprint density at radius 2 is 1.42 bits per heavy atom. The van der Waals surface area contributed by atoms with Gasteiger partial charge >= 0.3 is 0 Å². The predicted octanol–water partition coefficient (Wildman–Crippen LogP) is 5.45. The zero-order valence-electron chi connectivity index (χ0n) is 17.3. The van der Waals surface area contributed by atoms with Gasteiger partial charge in [0.1, 0.15) is 0 Å². The molecule has 0 aromatic rings. The maximum atomic E-state index is 9.43. The van der Waals surface area contributed by atoms with E-state index in [0.717, 1.165) is 39.1 Å². The molecular weight excluding hydrogens is 300 g/mol. The van der Waals surface area contributed by atoms with E-state index in [1.807, 2.05) is 0 Å². The van der Waals surface area contributed by atoms with Crippen LogP contribution in [0.5, 0.6) is 0 Å². The summed E-state index contributed by atoms with van der Waals surface area (Å²) in [5, 5.41) is 9.43. The van der Waals surface area contributed by atoms with E-state index in [2.05, 4.69) is 41.5 Å². The van der Waals surface area contributed by atoms with E-state index in [4.69, 9.17) is 9.47 Å². The molecule has 146 valence electrons. The summed E-state index contributed by atoms with van der Waals surface area (Å²) in [5.41, 5.74) is 0.260. The quantitative estimate of drug-likeness (QED) is 0.378. The highest BCUT2D eigenvalue weighted by atomic mass is 16.5. The first-order valence-electron chi connectivity index (χ1n) is 10.1. The maximum Gasteiger partial charge on any atom is 0.0541 e. The monoisotopic (exact) mass is 344 g/mol. The fourth-order valence-electron chi connectivity index (χ4n) is 2.55. The highest BCUT2D eigenvalue weighted by molar-refractivity contribution is 4.71. The second-order valence-corrected chi connectivity index (χ2v) is 8.18. The van der Waals surface area contributed by atoms with Gasteiger partial charge in [0.05, 0.1) is 19.8 Å². The Balaban J connectivity index is 3.80. The van der Waals surface area contributed by atoms with Crippen LogP contribution < -0.4 is 0 Å². The van der Waals surface area contributed by atoms with E-state index < -0.39 is 0 Å². The number of hydrogen-bond acceptors (Lipinski definition) is 3. The van der Waals surface area contributed by atoms with E-state index in [0.29, 0.717) is 17.9 Å². The zero-order valence-corrected chi connectivity index (χ0v) is 17.3. The Morgan fingerprint density at radius 3 is 1.92 bits per heavy atom. The molecule has 2 atom stereocenters. The molecule has 0 saturated carbocycles. The molecule has 3 heteroatoms. The van der Waals surface area contributed by atoms with E-state index in [1.54, 1.807) is 0 Å². The van der Waals surface area contributed by atoms with Gasteiger partial charge in [-0.2, -0.15) is 0 Å². The van der Waals surface area contributed by atoms with Crippen molar-refractivity contribution >= 4 is 0 Å². The minimum Gasteiger partial charge on any atom is -0.396 e. The lowest BCUT2D eigenvalue weighted by molar-refractivity contribution is -0.00105. The fourth-order valence-corrected chi connectivity index (χ4v) is 2.55. The molecule has 0 heterocycles. The molecule has 1 N–H and O–H groups in total. The van der Waals surface area contributed by atoms with Gasteiger partial charge in [0, 0.05) is 18.6 Å². The Labute approximate surface area is 151 Å². The standard InChI is InChI=1S/C21H44O3/c1-7-19(15-24-18-21(6,10-4)16-22)13-11-12-14-23-17-20(5,8-2)9-3/h19,22H,7-18H2,1-6H3. The SMILES string of the molecule is CCC(CCCCOCC(C)(CC)CC)COCC(C)(CC)CO. The highest BCUT2D eigenvalue weighted by Crippen LogP contribution is 2.25. The van der Waals surface area contributed by atoms with Crippen molar-refractivity contribution < 1.29 is 14.6 Å². The van der Waals surface area contributed by atoms with Gasteiger partial charge < -0.3 is 14.6 Å². The summed E-state index contributed by atoms with van der Waals surface area (Å²) in [4.78, 5) is 0. The molecule has 0 spiro atoms. The van der Waals surface area contributed by atoms with Gasteiger partial charge in [-0.3, -0.25) is 0 Å². The van der Waals surface area contributed by atoms with Crippen molar-refractivity contribution in [1.29, 1.82) is 0 Å². The van der Waals surface area contributed by atoms with Crippen molar-refractivity contribution in [2.24, 2.45) is 16.7 Å². The number of hydrogen-bond donors (Lipinski definition) is 1. The molecule has 0 aromatic heterocycles. The third kappa shape index (κ3) is 10.0. The van der Waals surface area contributed by atoms with Crippen molar-refractivity contribution in [3.8, 4) is 0 Å². The van der Waals surface area contributed by atoms with Gasteiger partial charge in [-0.15, -0.1) is 0 Å². The lowest BCUT2D eigenvalue weighted by Crippen LogP contribution is -2.28. The molecule has 0 bridgehead atoms. The van der Waals surface area contributed by atoms with Crippen LogP contribution in [0.3, 0.4) is 0 Å². The molecule has 24 heavy (non-hydrogen) atoms. The molecule has 0 amide bonds. The molecule has 0 fully saturated rings. The van der Waals surface area contributed by atoms with Crippen LogP contribution in [0.2, 0.25) is 0 Å². The molecule has 0 aliphatic heterocycles. The van der Waals surface area contributed by atoms with Crippen molar-refractivity contribution in [3.63, 3.8) is 0 Å². The summed E-state index contributed by atoms with van der Waals surface area (Å²) in [6.07, 6.45) is 8.04. The lowest BCUT2D eigenvalue weighted by Gasteiger charge is -2.27. The molecular formula is C21H44O3. The van der Waals surface area contributed by atoms with E-state index >= 15 is 0 Å². The zero-order chi connectivity index (χ0) is 18.5. The molecule has 0 aliphatic rings. The number of unbranched alkanes of at least 4 members (excludes halogenated alkanes) is 1. The summed E-state index contributed by atoms with van der Waals surface area (Å²) in [7, 11) is 0. The lowest BCUT2D eigenvalue weighted by atomic mass is 9.86. The molecule has 3 nitrogen and oxygen atoms in total. The van der Waals surface area contributed by atoms with Crippen molar-refractivity contribution in [1.82, 2.24) is 0 Å². The van der Waals surface area contributed by atoms with Crippen LogP contribution in [-0.2, 0) is 9.47 Å². The molecule has 0 rings (SSSR count). The average Bonchev–Trinajstić information content (AvgIpc) is 2.62. The van der Waals surface area contributed by atoms with Crippen LogP contribution in [-0.4, -0.2) is 38.1 Å². The minimum absolute atomic E-state index is 0.0860.